The molecule has 0 bridgehead atoms. The number of aromatic nitrogens is 1. The smallest absolute Gasteiger partial charge is 0.224 e. The van der Waals surface area contributed by atoms with Crippen molar-refractivity contribution in [2.45, 2.75) is 38.5 Å². The van der Waals surface area contributed by atoms with Crippen molar-refractivity contribution >= 4 is 21.8 Å². The first kappa shape index (κ1) is 17.7. The number of benzene rings is 1. The van der Waals surface area contributed by atoms with Crippen molar-refractivity contribution < 1.29 is 17.7 Å². The summed E-state index contributed by atoms with van der Waals surface area (Å²) in [6, 6.07) is 2.18. The predicted octanol–water partition coefficient (Wildman–Crippen LogP) is 3.63. The van der Waals surface area contributed by atoms with Crippen LogP contribution < -0.4 is 9.46 Å². The molecule has 1 N–H and O–H groups in total. The van der Waals surface area contributed by atoms with Gasteiger partial charge in [-0.3, -0.25) is 0 Å². The molecule has 2 atom stereocenters. The van der Waals surface area contributed by atoms with E-state index in [0.29, 0.717) is 10.9 Å². The Hall–Kier alpha value is -1.60. The number of nitrogens with one attached hydrogen (secondary N) is 1. The van der Waals surface area contributed by atoms with Gasteiger partial charge in [-0.2, -0.15) is 0 Å². The van der Waals surface area contributed by atoms with E-state index in [2.05, 4.69) is 9.71 Å². The maximum Gasteiger partial charge on any atom is 0.224 e. The Morgan fingerprint density at radius 3 is 2.52 bits per heavy atom. The average Bonchev–Trinajstić information content (AvgIpc) is 2.48. The fourth-order valence-corrected chi connectivity index (χ4v) is 2.96. The zero-order valence-electron chi connectivity index (χ0n) is 13.7. The van der Waals surface area contributed by atoms with Gasteiger partial charge < -0.3 is 4.74 Å². The van der Waals surface area contributed by atoms with Crippen molar-refractivity contribution in [3.63, 3.8) is 0 Å². The summed E-state index contributed by atoms with van der Waals surface area (Å²) in [6.45, 7) is 7.35. The van der Waals surface area contributed by atoms with Gasteiger partial charge in [0.2, 0.25) is 5.88 Å². The Labute approximate surface area is 136 Å². The second-order valence-electron chi connectivity index (χ2n) is 6.23. The first-order valence-corrected chi connectivity index (χ1v) is 8.30. The van der Waals surface area contributed by atoms with Crippen molar-refractivity contribution in [1.82, 2.24) is 9.71 Å². The van der Waals surface area contributed by atoms with E-state index in [1.165, 1.54) is 19.4 Å². The van der Waals surface area contributed by atoms with Gasteiger partial charge in [0.05, 0.1) is 28.2 Å². The number of hydrogen-bond donors (Lipinski definition) is 1. The molecule has 1 heterocycles. The maximum absolute atomic E-state index is 14.2. The Morgan fingerprint density at radius 2 is 1.96 bits per heavy atom. The van der Waals surface area contributed by atoms with Crippen molar-refractivity contribution in [3.8, 4) is 5.88 Å². The minimum Gasteiger partial charge on any atom is -0.480 e. The van der Waals surface area contributed by atoms with E-state index in [0.717, 1.165) is 6.07 Å². The first-order valence-electron chi connectivity index (χ1n) is 7.15. The van der Waals surface area contributed by atoms with Crippen LogP contribution in [0.3, 0.4) is 0 Å². The van der Waals surface area contributed by atoms with Gasteiger partial charge in [-0.1, -0.05) is 6.07 Å². The SMILES string of the molecule is COc1ncc(C(C)NS(=O)C(C)(C)C)c2ccc(F)c(F)c12. The van der Waals surface area contributed by atoms with Gasteiger partial charge in [0.25, 0.3) is 0 Å². The summed E-state index contributed by atoms with van der Waals surface area (Å²) in [4.78, 5) is 4.05. The molecular formula is C16H20F2N2O2S. The van der Waals surface area contributed by atoms with E-state index in [9.17, 15) is 13.0 Å². The molecule has 1 aromatic carbocycles. The lowest BCUT2D eigenvalue weighted by Crippen LogP contribution is -2.34. The Bertz CT molecular complexity index is 760. The fraction of sp³-hybridized carbons (Fsp3) is 0.438. The summed E-state index contributed by atoms with van der Waals surface area (Å²) >= 11 is 0. The number of nitrogens with zero attached hydrogens (tertiary/aromatic N) is 1. The highest BCUT2D eigenvalue weighted by Gasteiger charge is 2.24. The lowest BCUT2D eigenvalue weighted by Gasteiger charge is -2.23. The molecule has 0 saturated carbocycles. The summed E-state index contributed by atoms with van der Waals surface area (Å²) in [6.07, 6.45) is 1.52. The van der Waals surface area contributed by atoms with E-state index in [1.807, 2.05) is 20.8 Å². The topological polar surface area (TPSA) is 51.2 Å². The average molecular weight is 342 g/mol. The number of rotatable bonds is 4. The van der Waals surface area contributed by atoms with Crippen LogP contribution in [-0.2, 0) is 11.0 Å². The van der Waals surface area contributed by atoms with Crippen LogP contribution >= 0.6 is 0 Å². The number of hydrogen-bond acceptors (Lipinski definition) is 3. The van der Waals surface area contributed by atoms with Gasteiger partial charge in [0, 0.05) is 12.2 Å². The van der Waals surface area contributed by atoms with Crippen molar-refractivity contribution in [3.05, 3.63) is 35.5 Å². The molecule has 2 rings (SSSR count). The summed E-state index contributed by atoms with van der Waals surface area (Å²) in [5.41, 5.74) is 0.622. The van der Waals surface area contributed by atoms with Crippen molar-refractivity contribution in [2.24, 2.45) is 0 Å². The molecule has 0 saturated heterocycles. The molecule has 0 aliphatic carbocycles. The zero-order chi connectivity index (χ0) is 17.4. The summed E-state index contributed by atoms with van der Waals surface area (Å²) in [7, 11) is 0.0448. The molecule has 2 unspecified atom stereocenters. The van der Waals surface area contributed by atoms with E-state index < -0.39 is 27.4 Å². The van der Waals surface area contributed by atoms with Gasteiger partial charge in [-0.15, -0.1) is 0 Å². The minimum absolute atomic E-state index is 0.0137. The molecular weight excluding hydrogens is 322 g/mol. The first-order chi connectivity index (χ1) is 10.7. The van der Waals surface area contributed by atoms with Crippen molar-refractivity contribution in [2.75, 3.05) is 7.11 Å². The van der Waals surface area contributed by atoms with Gasteiger partial charge in [0.15, 0.2) is 11.6 Å². The molecule has 7 heteroatoms. The largest absolute Gasteiger partial charge is 0.480 e. The van der Waals surface area contributed by atoms with Gasteiger partial charge in [0.1, 0.15) is 0 Å². The zero-order valence-corrected chi connectivity index (χ0v) is 14.6. The maximum atomic E-state index is 14.2. The molecule has 2 aromatic rings. The minimum atomic E-state index is -1.30. The molecule has 4 nitrogen and oxygen atoms in total. The summed E-state index contributed by atoms with van der Waals surface area (Å²) in [5.74, 6) is -1.95. The number of ether oxygens (including phenoxy) is 1. The van der Waals surface area contributed by atoms with Gasteiger partial charge in [-0.05, 0) is 44.7 Å². The van der Waals surface area contributed by atoms with E-state index in [4.69, 9.17) is 4.74 Å². The lowest BCUT2D eigenvalue weighted by molar-refractivity contribution is 0.400. The van der Waals surface area contributed by atoms with E-state index in [1.54, 1.807) is 6.92 Å². The van der Waals surface area contributed by atoms with Crippen LogP contribution in [0.15, 0.2) is 18.3 Å². The van der Waals surface area contributed by atoms with Crippen molar-refractivity contribution in [1.29, 1.82) is 0 Å². The quantitative estimate of drug-likeness (QED) is 0.923. The molecule has 0 fully saturated rings. The normalized spacial score (nSPS) is 14.7. The van der Waals surface area contributed by atoms with Crippen LogP contribution in [0.1, 0.15) is 39.3 Å². The van der Waals surface area contributed by atoms with Crippen LogP contribution in [0.5, 0.6) is 5.88 Å². The van der Waals surface area contributed by atoms with Crippen LogP contribution in [0.2, 0.25) is 0 Å². The van der Waals surface area contributed by atoms with Gasteiger partial charge >= 0.3 is 0 Å². The number of pyridine rings is 1. The second-order valence-corrected chi connectivity index (χ2v) is 8.23. The number of fused-ring (bicyclic) bond motifs is 1. The van der Waals surface area contributed by atoms with Crippen LogP contribution in [0.4, 0.5) is 8.78 Å². The monoisotopic (exact) mass is 342 g/mol. The molecule has 23 heavy (non-hydrogen) atoms. The highest BCUT2D eigenvalue weighted by Crippen LogP contribution is 2.33. The third-order valence-electron chi connectivity index (χ3n) is 3.44. The van der Waals surface area contributed by atoms with E-state index in [-0.39, 0.29) is 17.3 Å². The Morgan fingerprint density at radius 1 is 1.30 bits per heavy atom. The molecule has 0 radical (unpaired) electrons. The summed E-state index contributed by atoms with van der Waals surface area (Å²) in [5, 5.41) is 0.460. The van der Waals surface area contributed by atoms with E-state index >= 15 is 0 Å². The predicted molar refractivity (Wildman–Crippen MR) is 87.7 cm³/mol. The number of halogens is 2. The van der Waals surface area contributed by atoms with Crippen LogP contribution in [-0.4, -0.2) is 21.0 Å². The molecule has 126 valence electrons. The highest BCUT2D eigenvalue weighted by molar-refractivity contribution is 7.84. The number of methoxy groups -OCH3 is 1. The lowest BCUT2D eigenvalue weighted by atomic mass is 10.0. The van der Waals surface area contributed by atoms with Crippen LogP contribution in [0.25, 0.3) is 10.8 Å². The third-order valence-corrected chi connectivity index (χ3v) is 5.12. The van der Waals surface area contributed by atoms with Crippen LogP contribution in [0, 0.1) is 11.6 Å². The third kappa shape index (κ3) is 3.50. The fourth-order valence-electron chi connectivity index (χ4n) is 2.16. The second kappa shape index (κ2) is 6.49. The molecule has 0 aliphatic rings. The molecule has 0 aliphatic heterocycles. The standard InChI is InChI=1S/C16H20F2N2O2S/c1-9(20-23(21)16(2,3)4)11-8-19-15(22-5)13-10(11)6-7-12(17)14(13)18/h6-9,20H,1-5H3. The molecule has 1 aromatic heterocycles. The Kier molecular flexibility index (Phi) is 5.01. The molecule has 0 spiro atoms. The molecule has 0 amide bonds. The van der Waals surface area contributed by atoms with Gasteiger partial charge in [-0.25, -0.2) is 22.7 Å². The Balaban J connectivity index is 2.54. The highest BCUT2D eigenvalue weighted by atomic mass is 32.2. The summed E-state index contributed by atoms with van der Waals surface area (Å²) < 4.78 is 47.5.